The predicted octanol–water partition coefficient (Wildman–Crippen LogP) is -3.30. The zero-order valence-corrected chi connectivity index (χ0v) is 27.2. The zero-order chi connectivity index (χ0) is 37.7. The summed E-state index contributed by atoms with van der Waals surface area (Å²) in [6.45, 7) is -0.763. The summed E-state index contributed by atoms with van der Waals surface area (Å²) in [5.74, 6) is -5.62. The van der Waals surface area contributed by atoms with Crippen LogP contribution in [0.1, 0.15) is 47.7 Å². The van der Waals surface area contributed by atoms with Crippen LogP contribution in [0.3, 0.4) is 0 Å². The van der Waals surface area contributed by atoms with Gasteiger partial charge in [0.15, 0.2) is 6.04 Å². The number of carboxylic acids is 1. The number of guanidine groups is 1. The summed E-state index contributed by atoms with van der Waals surface area (Å²) >= 11 is 0. The molecule has 3 aromatic carbocycles. The minimum Gasteiger partial charge on any atom is -0.508 e. The van der Waals surface area contributed by atoms with E-state index in [1.54, 1.807) is 0 Å². The summed E-state index contributed by atoms with van der Waals surface area (Å²) < 4.78 is 0. The van der Waals surface area contributed by atoms with Crippen molar-refractivity contribution in [1.29, 1.82) is 0 Å². The van der Waals surface area contributed by atoms with Gasteiger partial charge in [-0.05, 0) is 65.9 Å². The van der Waals surface area contributed by atoms with E-state index in [1.165, 1.54) is 72.8 Å². The fourth-order valence-electron chi connectivity index (χ4n) is 4.76. The van der Waals surface area contributed by atoms with Crippen molar-refractivity contribution >= 4 is 35.6 Å². The van der Waals surface area contributed by atoms with Gasteiger partial charge in [-0.2, -0.15) is 0 Å². The van der Waals surface area contributed by atoms with E-state index in [0.717, 1.165) is 0 Å². The van der Waals surface area contributed by atoms with Gasteiger partial charge in [-0.15, -0.1) is 0 Å². The lowest BCUT2D eigenvalue weighted by Gasteiger charge is -2.26. The van der Waals surface area contributed by atoms with Crippen molar-refractivity contribution in [2.45, 2.75) is 43.1 Å². The number of rotatable bonds is 17. The number of carbonyl (C=O) groups excluding carboxylic acids is 4. The van der Waals surface area contributed by atoms with Crippen LogP contribution in [-0.2, 0) is 24.0 Å². The molecule has 51 heavy (non-hydrogen) atoms. The van der Waals surface area contributed by atoms with Gasteiger partial charge in [0.1, 0.15) is 41.4 Å². The van der Waals surface area contributed by atoms with E-state index in [9.17, 15) is 49.5 Å². The topological polar surface area (TPSA) is 327 Å². The molecule has 0 unspecified atom stereocenters. The van der Waals surface area contributed by atoms with Crippen molar-refractivity contribution in [2.75, 3.05) is 13.2 Å². The molecule has 0 saturated heterocycles. The van der Waals surface area contributed by atoms with Crippen LogP contribution in [0.2, 0.25) is 0 Å². The molecule has 0 radical (unpaired) electrons. The second-order valence-electron chi connectivity index (χ2n) is 11.3. The largest absolute Gasteiger partial charge is 0.508 e. The van der Waals surface area contributed by atoms with Crippen molar-refractivity contribution in [3.8, 4) is 17.2 Å². The van der Waals surface area contributed by atoms with Crippen LogP contribution in [0.4, 0.5) is 0 Å². The van der Waals surface area contributed by atoms with E-state index in [0.29, 0.717) is 5.56 Å². The molecule has 0 bridgehead atoms. The number of phenols is 3. The number of phenolic OH excluding ortho intramolecular Hbond substituents is 3. The molecule has 3 aromatic rings. The highest BCUT2D eigenvalue weighted by molar-refractivity contribution is 5.96. The third-order valence-electron chi connectivity index (χ3n) is 7.52. The number of hydrogen-bond acceptors (Lipinski definition) is 10. The first-order chi connectivity index (χ1) is 24.2. The maximum absolute atomic E-state index is 13.7. The second-order valence-corrected chi connectivity index (χ2v) is 11.3. The number of amides is 4. The first-order valence-electron chi connectivity index (χ1n) is 15.5. The lowest BCUT2D eigenvalue weighted by atomic mass is 10.0. The van der Waals surface area contributed by atoms with Crippen LogP contribution >= 0.6 is 0 Å². The van der Waals surface area contributed by atoms with E-state index in [-0.39, 0.29) is 53.7 Å². The van der Waals surface area contributed by atoms with E-state index in [2.05, 4.69) is 26.3 Å². The SMILES string of the molecule is NC(N)=[NH+]CCC[C@H](NC(=O)[C@@H](N)c1ccc(O)cc1)C(=O)N[C@@H](C(=O)N[C@@H](CO)C(=O)N[C@@H](C(=O)O)c1ccc(O)cc1)c1ccc(O)cc1. The Balaban J connectivity index is 1.85. The molecule has 16 N–H and O–H groups in total. The summed E-state index contributed by atoms with van der Waals surface area (Å²) in [5.41, 5.74) is 17.5. The summed E-state index contributed by atoms with van der Waals surface area (Å²) in [6, 6.07) is 8.20. The molecule has 0 aromatic heterocycles. The number of nitrogens with two attached hydrogens (primary N) is 3. The maximum Gasteiger partial charge on any atom is 0.338 e. The molecule has 4 amide bonds. The van der Waals surface area contributed by atoms with Gasteiger partial charge in [0.25, 0.3) is 0 Å². The third kappa shape index (κ3) is 11.6. The van der Waals surface area contributed by atoms with Crippen molar-refractivity contribution in [3.05, 3.63) is 89.5 Å². The first-order valence-corrected chi connectivity index (χ1v) is 15.5. The molecule has 0 heterocycles. The van der Waals surface area contributed by atoms with Gasteiger partial charge < -0.3 is 52.5 Å². The van der Waals surface area contributed by atoms with Crippen molar-refractivity contribution in [3.63, 3.8) is 0 Å². The third-order valence-corrected chi connectivity index (χ3v) is 7.52. The highest BCUT2D eigenvalue weighted by Gasteiger charge is 2.33. The van der Waals surface area contributed by atoms with Gasteiger partial charge in [-0.1, -0.05) is 36.4 Å². The first kappa shape index (κ1) is 39.0. The molecule has 0 saturated carbocycles. The van der Waals surface area contributed by atoms with E-state index in [4.69, 9.17) is 17.2 Å². The molecule has 0 aliphatic heterocycles. The molecule has 3 rings (SSSR count). The van der Waals surface area contributed by atoms with Crippen LogP contribution in [0.15, 0.2) is 72.8 Å². The molecule has 18 heteroatoms. The average Bonchev–Trinajstić information content (AvgIpc) is 3.10. The average molecular weight is 710 g/mol. The molecular weight excluding hydrogens is 668 g/mol. The highest BCUT2D eigenvalue weighted by Crippen LogP contribution is 2.20. The van der Waals surface area contributed by atoms with E-state index < -0.39 is 66.4 Å². The summed E-state index contributed by atoms with van der Waals surface area (Å²) in [5, 5.41) is 58.3. The summed E-state index contributed by atoms with van der Waals surface area (Å²) in [7, 11) is 0. The van der Waals surface area contributed by atoms with Gasteiger partial charge in [-0.3, -0.25) is 35.6 Å². The normalized spacial score (nSPS) is 13.7. The van der Waals surface area contributed by atoms with Crippen molar-refractivity contribution < 1.29 is 54.5 Å². The smallest absolute Gasteiger partial charge is 0.338 e. The number of hydrogen-bond donors (Lipinski definition) is 13. The lowest BCUT2D eigenvalue weighted by Crippen LogP contribution is -2.78. The number of benzene rings is 3. The lowest BCUT2D eigenvalue weighted by molar-refractivity contribution is -0.459. The van der Waals surface area contributed by atoms with Gasteiger partial charge in [0, 0.05) is 0 Å². The Bertz CT molecular complexity index is 1700. The van der Waals surface area contributed by atoms with Crippen molar-refractivity contribution in [2.24, 2.45) is 17.2 Å². The summed E-state index contributed by atoms with van der Waals surface area (Å²) in [6.07, 6.45) is 0.249. The number of carboxylic acid groups (broad SMARTS) is 1. The molecule has 0 aliphatic carbocycles. The van der Waals surface area contributed by atoms with E-state index in [1.807, 2.05) is 0 Å². The quantitative estimate of drug-likeness (QED) is 0.0372. The monoisotopic (exact) mass is 709 g/mol. The molecular formula is C33H41N8O10+. The van der Waals surface area contributed by atoms with Crippen LogP contribution in [0.5, 0.6) is 17.2 Å². The Morgan fingerprint density at radius 3 is 1.51 bits per heavy atom. The number of aliphatic hydroxyl groups is 1. The molecule has 18 nitrogen and oxygen atoms in total. The van der Waals surface area contributed by atoms with Gasteiger partial charge >= 0.3 is 11.9 Å². The molecule has 0 aliphatic rings. The molecule has 5 atom stereocenters. The molecule has 0 spiro atoms. The minimum absolute atomic E-state index is 0.000420. The number of carbonyl (C=O) groups is 5. The number of aliphatic carboxylic acids is 1. The molecule has 0 fully saturated rings. The zero-order valence-electron chi connectivity index (χ0n) is 27.2. The Hall–Kier alpha value is -6.40. The van der Waals surface area contributed by atoms with Gasteiger partial charge in [0.2, 0.25) is 23.6 Å². The number of aromatic hydroxyl groups is 3. The van der Waals surface area contributed by atoms with E-state index >= 15 is 0 Å². The fraction of sp³-hybridized carbons (Fsp3) is 0.273. The fourth-order valence-corrected chi connectivity index (χ4v) is 4.76. The Labute approximate surface area is 291 Å². The number of nitrogens with one attached hydrogen (secondary N) is 5. The minimum atomic E-state index is -1.70. The second kappa shape index (κ2) is 18.4. The van der Waals surface area contributed by atoms with Gasteiger partial charge in [-0.25, -0.2) is 4.79 Å². The molecule has 272 valence electrons. The van der Waals surface area contributed by atoms with Crippen molar-refractivity contribution in [1.82, 2.24) is 21.3 Å². The summed E-state index contributed by atoms with van der Waals surface area (Å²) in [4.78, 5) is 68.3. The standard InChI is InChI=1S/C33H40N8O10/c34-25(17-3-9-20(43)10-4-17)30(48)38-23(2-1-15-37-33(35)36)28(46)40-26(18-5-11-21(44)12-6-18)31(49)39-24(16-42)29(47)41-27(32(50)51)19-7-13-22(45)14-8-19/h3-14,23-27,42-45H,1-2,15-16,34H2,(H,38,48)(H,39,49)(H,40,46)(H,41,47)(H,50,51)(H4,35,36,37)/p+1/t23-,24-,25-,26+,27+/m0/s1. The highest BCUT2D eigenvalue weighted by atomic mass is 16.4. The van der Waals surface area contributed by atoms with Crippen LogP contribution < -0.4 is 43.5 Å². The Morgan fingerprint density at radius 2 is 1.04 bits per heavy atom. The Kier molecular flexibility index (Phi) is 14.1. The van der Waals surface area contributed by atoms with Crippen LogP contribution in [0.25, 0.3) is 0 Å². The van der Waals surface area contributed by atoms with Crippen LogP contribution in [-0.4, -0.2) is 86.3 Å². The van der Waals surface area contributed by atoms with Gasteiger partial charge in [0.05, 0.1) is 13.2 Å². The maximum atomic E-state index is 13.7. The number of aliphatic hydroxyl groups excluding tert-OH is 1. The van der Waals surface area contributed by atoms with Crippen LogP contribution in [0, 0.1) is 0 Å². The predicted molar refractivity (Wildman–Crippen MR) is 180 cm³/mol. The Morgan fingerprint density at radius 1 is 0.608 bits per heavy atom.